The SMILES string of the molecule is CCCNC(=NC)N1CCN(c2cccc(C(F)(F)F)c2)CC1.I. The van der Waals surface area contributed by atoms with Gasteiger partial charge < -0.3 is 15.1 Å². The van der Waals surface area contributed by atoms with Gasteiger partial charge in [-0.05, 0) is 24.6 Å². The van der Waals surface area contributed by atoms with Crippen molar-refractivity contribution < 1.29 is 13.2 Å². The Balaban J connectivity index is 0.00000288. The zero-order valence-corrected chi connectivity index (χ0v) is 16.3. The molecule has 8 heteroatoms. The molecule has 4 nitrogen and oxygen atoms in total. The second kappa shape index (κ2) is 9.33. The first kappa shape index (κ1) is 20.9. The van der Waals surface area contributed by atoms with E-state index in [2.05, 4.69) is 22.1 Å². The number of alkyl halides is 3. The van der Waals surface area contributed by atoms with Crippen LogP contribution >= 0.6 is 24.0 Å². The first-order chi connectivity index (χ1) is 11.0. The number of guanidine groups is 1. The smallest absolute Gasteiger partial charge is 0.368 e. The Morgan fingerprint density at radius 1 is 1.21 bits per heavy atom. The lowest BCUT2D eigenvalue weighted by Crippen LogP contribution is -2.52. The molecule has 0 saturated carbocycles. The summed E-state index contributed by atoms with van der Waals surface area (Å²) in [5.41, 5.74) is 0.0221. The van der Waals surface area contributed by atoms with E-state index in [1.54, 1.807) is 13.1 Å². The summed E-state index contributed by atoms with van der Waals surface area (Å²) in [7, 11) is 1.75. The van der Waals surface area contributed by atoms with Gasteiger partial charge in [-0.2, -0.15) is 13.2 Å². The number of nitrogens with one attached hydrogen (secondary N) is 1. The molecule has 1 fully saturated rings. The molecule has 0 unspecified atom stereocenters. The van der Waals surface area contributed by atoms with Crippen LogP contribution in [0.15, 0.2) is 29.3 Å². The largest absolute Gasteiger partial charge is 0.416 e. The molecule has 2 rings (SSSR count). The Kier molecular flexibility index (Phi) is 8.11. The van der Waals surface area contributed by atoms with E-state index in [0.717, 1.165) is 38.1 Å². The number of hydrogen-bond donors (Lipinski definition) is 1. The number of benzene rings is 1. The number of aliphatic imine (C=N–C) groups is 1. The molecule has 1 aromatic rings. The van der Waals surface area contributed by atoms with Gasteiger partial charge in [0.15, 0.2) is 5.96 Å². The Labute approximate surface area is 158 Å². The summed E-state index contributed by atoms with van der Waals surface area (Å²) in [6.45, 7) is 5.77. The molecule has 0 aliphatic carbocycles. The van der Waals surface area contributed by atoms with Crippen LogP contribution in [0.3, 0.4) is 0 Å². The Morgan fingerprint density at radius 3 is 2.42 bits per heavy atom. The highest BCUT2D eigenvalue weighted by molar-refractivity contribution is 14.0. The van der Waals surface area contributed by atoms with Crippen LogP contribution in [0.25, 0.3) is 0 Å². The fourth-order valence-electron chi connectivity index (χ4n) is 2.62. The van der Waals surface area contributed by atoms with Gasteiger partial charge in [0, 0.05) is 45.5 Å². The van der Waals surface area contributed by atoms with Crippen LogP contribution < -0.4 is 10.2 Å². The van der Waals surface area contributed by atoms with Crippen LogP contribution in [0.5, 0.6) is 0 Å². The number of piperazine rings is 1. The molecule has 0 radical (unpaired) electrons. The van der Waals surface area contributed by atoms with Crippen LogP contribution in [0.2, 0.25) is 0 Å². The summed E-state index contributed by atoms with van der Waals surface area (Å²) in [5.74, 6) is 0.857. The van der Waals surface area contributed by atoms with E-state index in [4.69, 9.17) is 0 Å². The second-order valence-corrected chi connectivity index (χ2v) is 5.50. The zero-order chi connectivity index (χ0) is 16.9. The normalized spacial score (nSPS) is 16.0. The molecule has 1 aliphatic rings. The molecular weight excluding hydrogens is 432 g/mol. The molecule has 0 atom stereocenters. The van der Waals surface area contributed by atoms with Crippen LogP contribution in [-0.4, -0.2) is 50.6 Å². The van der Waals surface area contributed by atoms with Crippen molar-refractivity contribution in [2.45, 2.75) is 19.5 Å². The van der Waals surface area contributed by atoms with E-state index in [1.807, 2.05) is 4.90 Å². The van der Waals surface area contributed by atoms with Crippen molar-refractivity contribution in [1.29, 1.82) is 0 Å². The third-order valence-corrected chi connectivity index (χ3v) is 3.86. The van der Waals surface area contributed by atoms with Gasteiger partial charge in [0.25, 0.3) is 0 Å². The quantitative estimate of drug-likeness (QED) is 0.430. The molecule has 0 bridgehead atoms. The monoisotopic (exact) mass is 456 g/mol. The van der Waals surface area contributed by atoms with Gasteiger partial charge in [0.05, 0.1) is 5.56 Å². The molecule has 1 N–H and O–H groups in total. The van der Waals surface area contributed by atoms with E-state index in [-0.39, 0.29) is 24.0 Å². The predicted octanol–water partition coefficient (Wildman–Crippen LogP) is 3.43. The minimum absolute atomic E-state index is 0. The van der Waals surface area contributed by atoms with Gasteiger partial charge in [-0.15, -0.1) is 24.0 Å². The maximum atomic E-state index is 12.8. The number of nitrogens with zero attached hydrogens (tertiary/aromatic N) is 3. The Morgan fingerprint density at radius 2 is 1.88 bits per heavy atom. The predicted molar refractivity (Wildman–Crippen MR) is 102 cm³/mol. The highest BCUT2D eigenvalue weighted by atomic mass is 127. The van der Waals surface area contributed by atoms with Crippen molar-refractivity contribution in [3.63, 3.8) is 0 Å². The summed E-state index contributed by atoms with van der Waals surface area (Å²) in [6, 6.07) is 5.53. The maximum absolute atomic E-state index is 12.8. The number of rotatable bonds is 3. The van der Waals surface area contributed by atoms with Gasteiger partial charge in [0.2, 0.25) is 0 Å². The number of hydrogen-bond acceptors (Lipinski definition) is 2. The molecule has 0 amide bonds. The molecule has 1 aliphatic heterocycles. The molecule has 1 aromatic carbocycles. The van der Waals surface area contributed by atoms with E-state index in [1.165, 1.54) is 12.1 Å². The van der Waals surface area contributed by atoms with Crippen molar-refractivity contribution >= 4 is 35.6 Å². The summed E-state index contributed by atoms with van der Waals surface area (Å²) >= 11 is 0. The van der Waals surface area contributed by atoms with Gasteiger partial charge in [-0.1, -0.05) is 13.0 Å². The summed E-state index contributed by atoms with van der Waals surface area (Å²) < 4.78 is 38.4. The minimum Gasteiger partial charge on any atom is -0.368 e. The van der Waals surface area contributed by atoms with Crippen molar-refractivity contribution in [1.82, 2.24) is 10.2 Å². The number of anilines is 1. The lowest BCUT2D eigenvalue weighted by molar-refractivity contribution is -0.137. The van der Waals surface area contributed by atoms with E-state index in [9.17, 15) is 13.2 Å². The fourth-order valence-corrected chi connectivity index (χ4v) is 2.62. The lowest BCUT2D eigenvalue weighted by Gasteiger charge is -2.37. The topological polar surface area (TPSA) is 30.9 Å². The third kappa shape index (κ3) is 5.42. The van der Waals surface area contributed by atoms with Crippen LogP contribution in [0.4, 0.5) is 18.9 Å². The van der Waals surface area contributed by atoms with Gasteiger partial charge in [-0.25, -0.2) is 0 Å². The molecule has 1 saturated heterocycles. The third-order valence-electron chi connectivity index (χ3n) is 3.86. The Hall–Kier alpha value is -1.19. The molecule has 24 heavy (non-hydrogen) atoms. The molecular formula is C16H24F3IN4. The fraction of sp³-hybridized carbons (Fsp3) is 0.562. The van der Waals surface area contributed by atoms with Crippen LogP contribution in [0.1, 0.15) is 18.9 Å². The molecule has 1 heterocycles. The second-order valence-electron chi connectivity index (χ2n) is 5.50. The molecule has 136 valence electrons. The highest BCUT2D eigenvalue weighted by Gasteiger charge is 2.31. The van der Waals surface area contributed by atoms with Gasteiger partial charge in [-0.3, -0.25) is 4.99 Å². The maximum Gasteiger partial charge on any atom is 0.416 e. The zero-order valence-electron chi connectivity index (χ0n) is 13.9. The lowest BCUT2D eigenvalue weighted by atomic mass is 10.1. The molecule has 0 spiro atoms. The van der Waals surface area contributed by atoms with Crippen molar-refractivity contribution in [2.75, 3.05) is 44.7 Å². The van der Waals surface area contributed by atoms with Crippen molar-refractivity contribution in [3.05, 3.63) is 29.8 Å². The van der Waals surface area contributed by atoms with Crippen LogP contribution in [0, 0.1) is 0 Å². The number of halogens is 4. The first-order valence-corrected chi connectivity index (χ1v) is 7.83. The standard InChI is InChI=1S/C16H23F3N4.HI/c1-3-7-21-15(20-2)23-10-8-22(9-11-23)14-6-4-5-13(12-14)16(17,18)19;/h4-6,12H,3,7-11H2,1-2H3,(H,20,21);1H. The summed E-state index contributed by atoms with van der Waals surface area (Å²) in [5, 5.41) is 3.28. The Bertz CT molecular complexity index is 540. The summed E-state index contributed by atoms with van der Waals surface area (Å²) in [4.78, 5) is 8.38. The molecule has 0 aromatic heterocycles. The summed E-state index contributed by atoms with van der Waals surface area (Å²) in [6.07, 6.45) is -3.28. The van der Waals surface area contributed by atoms with E-state index < -0.39 is 11.7 Å². The average Bonchev–Trinajstić information content (AvgIpc) is 2.55. The first-order valence-electron chi connectivity index (χ1n) is 7.83. The van der Waals surface area contributed by atoms with E-state index >= 15 is 0 Å². The van der Waals surface area contributed by atoms with Crippen molar-refractivity contribution in [3.8, 4) is 0 Å². The van der Waals surface area contributed by atoms with Crippen LogP contribution in [-0.2, 0) is 6.18 Å². The van der Waals surface area contributed by atoms with Crippen molar-refractivity contribution in [2.24, 2.45) is 4.99 Å². The minimum atomic E-state index is -4.30. The van der Waals surface area contributed by atoms with Gasteiger partial charge >= 0.3 is 6.18 Å². The average molecular weight is 456 g/mol. The highest BCUT2D eigenvalue weighted by Crippen LogP contribution is 2.31. The van der Waals surface area contributed by atoms with Gasteiger partial charge in [0.1, 0.15) is 0 Å². The van der Waals surface area contributed by atoms with E-state index in [0.29, 0.717) is 18.8 Å².